The molecule has 9 aliphatic rings. The summed E-state index contributed by atoms with van der Waals surface area (Å²) in [5.74, 6) is -16.0. The third-order valence-electron chi connectivity index (χ3n) is 26.3. The summed E-state index contributed by atoms with van der Waals surface area (Å²) in [6.45, 7) is 6.58. The Morgan fingerprint density at radius 1 is 0.589 bits per heavy atom. The number of carbonyl (C=O) groups is 12. The van der Waals surface area contributed by atoms with Crippen molar-refractivity contribution in [2.24, 2.45) is 35.5 Å². The molecular weight excluding hydrogens is 1480 g/mol. The van der Waals surface area contributed by atoms with E-state index in [4.69, 9.17) is 4.74 Å². The van der Waals surface area contributed by atoms with Gasteiger partial charge in [0.25, 0.3) is 0 Å². The van der Waals surface area contributed by atoms with Crippen LogP contribution >= 0.6 is 0 Å². The van der Waals surface area contributed by atoms with Crippen molar-refractivity contribution >= 4 is 70.9 Å². The van der Waals surface area contributed by atoms with Gasteiger partial charge in [0.15, 0.2) is 0 Å². The molecule has 0 aromatic rings. The molecule has 0 radical (unpaired) electrons. The molecule has 9 rings (SSSR count). The normalized spacial score (nSPS) is 33.2. The van der Waals surface area contributed by atoms with E-state index in [1.54, 1.807) is 37.8 Å². The van der Waals surface area contributed by atoms with E-state index in [-0.39, 0.29) is 110 Å². The van der Waals surface area contributed by atoms with Gasteiger partial charge in [-0.2, -0.15) is 26.3 Å². The van der Waals surface area contributed by atoms with E-state index in [9.17, 15) is 31.1 Å². The highest BCUT2D eigenvalue weighted by Crippen LogP contribution is 2.47. The van der Waals surface area contributed by atoms with Crippen molar-refractivity contribution in [1.29, 1.82) is 0 Å². The molecule has 25 nitrogen and oxygen atoms in total. The summed E-state index contributed by atoms with van der Waals surface area (Å²) in [5, 5.41) is 5.61. The van der Waals surface area contributed by atoms with Crippen LogP contribution in [0, 0.1) is 35.5 Å². The van der Waals surface area contributed by atoms with Crippen molar-refractivity contribution in [3.05, 3.63) is 12.2 Å². The summed E-state index contributed by atoms with van der Waals surface area (Å²) in [5.41, 5.74) is -1.64. The van der Waals surface area contributed by atoms with Crippen LogP contribution in [0.3, 0.4) is 0 Å². The van der Waals surface area contributed by atoms with Crippen LogP contribution in [0.15, 0.2) is 12.2 Å². The van der Waals surface area contributed by atoms with Gasteiger partial charge < -0.3 is 64.4 Å². The first-order chi connectivity index (χ1) is 52.9. The van der Waals surface area contributed by atoms with Gasteiger partial charge in [-0.15, -0.1) is 0 Å². The van der Waals surface area contributed by atoms with Crippen LogP contribution in [-0.4, -0.2) is 299 Å². The zero-order chi connectivity index (χ0) is 82.2. The molecule has 8 fully saturated rings. The lowest BCUT2D eigenvalue weighted by atomic mass is 9.73. The Labute approximate surface area is 653 Å². The fourth-order valence-electron chi connectivity index (χ4n) is 19.2. The molecule has 5 heterocycles. The van der Waals surface area contributed by atoms with E-state index < -0.39 is 229 Å². The minimum absolute atomic E-state index is 0.00310. The van der Waals surface area contributed by atoms with Crippen molar-refractivity contribution in [2.75, 3.05) is 88.2 Å². The number of hydrogen-bond donors (Lipinski definition) is 2. The van der Waals surface area contributed by atoms with Gasteiger partial charge in [-0.05, 0) is 165 Å². The molecule has 33 heteroatoms. The summed E-state index contributed by atoms with van der Waals surface area (Å²) in [4.78, 5) is 197. The Morgan fingerprint density at radius 2 is 1.24 bits per heavy atom. The molecule has 112 heavy (non-hydrogen) atoms. The molecule has 4 saturated heterocycles. The first kappa shape index (κ1) is 88.7. The van der Waals surface area contributed by atoms with Gasteiger partial charge in [0.2, 0.25) is 70.9 Å². The molecule has 0 aromatic carbocycles. The van der Waals surface area contributed by atoms with E-state index in [1.807, 2.05) is 6.92 Å². The lowest BCUT2D eigenvalue weighted by Crippen LogP contribution is -2.68. The number of likely N-dealkylation sites (tertiary alicyclic amines) is 1. The zero-order valence-corrected chi connectivity index (χ0v) is 66.9. The lowest BCUT2D eigenvalue weighted by molar-refractivity contribution is -0.219. The molecular formula is C79H120F8N12O13. The Balaban J connectivity index is 1.13. The molecule has 2 unspecified atom stereocenters. The van der Waals surface area contributed by atoms with Crippen LogP contribution in [0.4, 0.5) is 35.1 Å². The zero-order valence-electron chi connectivity index (χ0n) is 66.9. The molecule has 12 amide bonds. The number of halogens is 8. The second-order valence-corrected chi connectivity index (χ2v) is 33.4. The summed E-state index contributed by atoms with van der Waals surface area (Å²) >= 11 is 0. The maximum atomic E-state index is 15.8. The number of alkyl halides is 8. The first-order valence-corrected chi connectivity index (χ1v) is 41.0. The Morgan fingerprint density at radius 3 is 1.83 bits per heavy atom. The predicted molar refractivity (Wildman–Crippen MR) is 395 cm³/mol. The third kappa shape index (κ3) is 19.8. The topological polar surface area (TPSA) is 271 Å². The van der Waals surface area contributed by atoms with Crippen LogP contribution in [0.5, 0.6) is 0 Å². The molecule has 2 bridgehead atoms. The van der Waals surface area contributed by atoms with Gasteiger partial charge in [-0.25, -0.2) is 8.78 Å². The van der Waals surface area contributed by atoms with Gasteiger partial charge >= 0.3 is 12.4 Å². The number of nitrogens with zero attached hydrogens (tertiary/aromatic N) is 10. The van der Waals surface area contributed by atoms with Gasteiger partial charge in [-0.3, -0.25) is 57.5 Å². The van der Waals surface area contributed by atoms with Gasteiger partial charge in [0.05, 0.1) is 25.0 Å². The van der Waals surface area contributed by atoms with Crippen molar-refractivity contribution in [1.82, 2.24) is 59.6 Å². The number of nitrogens with one attached hydrogen (secondary N) is 2. The summed E-state index contributed by atoms with van der Waals surface area (Å²) in [6, 6.07) is -12.3. The van der Waals surface area contributed by atoms with Crippen molar-refractivity contribution in [3.8, 4) is 0 Å². The predicted octanol–water partition coefficient (Wildman–Crippen LogP) is 7.51. The van der Waals surface area contributed by atoms with Crippen molar-refractivity contribution in [2.45, 2.75) is 292 Å². The molecule has 1 spiro atoms. The van der Waals surface area contributed by atoms with E-state index in [2.05, 4.69) is 10.6 Å². The third-order valence-corrected chi connectivity index (χ3v) is 26.3. The number of amides is 12. The Bertz CT molecular complexity index is 3390. The number of likely N-dealkylation sites (N-methyl/N-ethyl adjacent to an activating group) is 6. The summed E-state index contributed by atoms with van der Waals surface area (Å²) < 4.78 is 122. The minimum Gasteiger partial charge on any atom is -0.377 e. The minimum atomic E-state index is -5.22. The number of carbonyl (C=O) groups excluding carboxylic acids is 12. The average molecular weight is 1600 g/mol. The number of ether oxygens (including phenoxy) is 1. The molecule has 13 atom stereocenters. The van der Waals surface area contributed by atoms with Crippen LogP contribution < -0.4 is 10.6 Å². The maximum absolute atomic E-state index is 15.8. The number of hydrogen-bond acceptors (Lipinski definition) is 13. The van der Waals surface area contributed by atoms with Crippen LogP contribution in [0.2, 0.25) is 0 Å². The fraction of sp³-hybridized carbons (Fsp3) is 0.823. The van der Waals surface area contributed by atoms with Crippen molar-refractivity contribution in [3.63, 3.8) is 0 Å². The molecule has 4 saturated carbocycles. The second kappa shape index (κ2) is 38.0. The summed E-state index contributed by atoms with van der Waals surface area (Å²) in [7, 11) is 8.31. The first-order valence-electron chi connectivity index (χ1n) is 41.0. The molecule has 2 N–H and O–H groups in total. The quantitative estimate of drug-likeness (QED) is 0.134. The Hall–Kier alpha value is -7.22. The molecule has 630 valence electrons. The average Bonchev–Trinajstić information content (AvgIpc) is 1.13. The lowest BCUT2D eigenvalue weighted by Gasteiger charge is -2.51. The smallest absolute Gasteiger partial charge is 0.377 e. The number of fused-ring (bicyclic) bond motifs is 4. The van der Waals surface area contributed by atoms with Crippen LogP contribution in [0.25, 0.3) is 0 Å². The number of rotatable bonds is 13. The van der Waals surface area contributed by atoms with Gasteiger partial charge in [-0.1, -0.05) is 58.6 Å². The highest BCUT2D eigenvalue weighted by Gasteiger charge is 2.58. The highest BCUT2D eigenvalue weighted by molar-refractivity contribution is 6.01. The highest BCUT2D eigenvalue weighted by atomic mass is 19.4. The fourth-order valence-corrected chi connectivity index (χ4v) is 19.2. The maximum Gasteiger partial charge on any atom is 0.397 e. The van der Waals surface area contributed by atoms with E-state index >= 15 is 61.5 Å². The van der Waals surface area contributed by atoms with Crippen LogP contribution in [-0.2, 0) is 62.3 Å². The second-order valence-electron chi connectivity index (χ2n) is 33.4. The molecule has 0 aromatic heterocycles. The standard InChI is InChI=1S/C79H120F8N12O13/c1-11-23-56-67(102)89-65(47(4)12-2)74(109)97-39-21-27-58(97)70(105)92(7)57-26-15-14-18-38-98(73(57)108)60(42-48-28-31-51(32-29-48)78(82,83)84)69(104)90(5)46-62(100)88-55(33-30-49-40-53(80)64(54(81)41-49)79(85,86)87)68(103)99-45-52(112-13-3)43-61(99)71(106)95(10)77(34-22-35-77)76(111)94(9)66(50-24-16-17-25-50)75(110)93(8)59(44-63(101)91(56)6)72(107)96-36-19-20-37-96/h14-15,47-61,64-66H,11-13,16-46H2,1-10H3,(H,88,100)(H,89,102)/b15-14-/t47-,48?,49?,51?,52+,53?,54?,55-,56-,57-,58-,59-,60-,61-,64?,65-,66-/m0/s1. The molecule has 5 aliphatic heterocycles. The molecule has 4 aliphatic carbocycles. The van der Waals surface area contributed by atoms with Crippen LogP contribution in [0.1, 0.15) is 201 Å². The van der Waals surface area contributed by atoms with E-state index in [0.717, 1.165) is 9.80 Å². The van der Waals surface area contributed by atoms with E-state index in [0.29, 0.717) is 77.3 Å². The summed E-state index contributed by atoms with van der Waals surface area (Å²) in [6.07, 6.45) is -10.6. The monoisotopic (exact) mass is 1600 g/mol. The SMILES string of the molecule is CCC[C@H]1C(=O)N[C@@H]([C@@H](C)CC)C(=O)N2CCC[C@H]2C(=O)N(C)[C@H]2C/C=C\CCN(C2=O)[C@@H](CC2CCC(C(F)(F)F)CC2)C(=O)N(C)CC(=O)N[C@@H](CCC2CC(F)C(C(F)(F)F)C(F)C2)C(=O)N2C[C@H](OCC)C[C@H]2C(=O)N(C)C2(CCC2)C(=O)N(C)[C@@H](C2CCCC2)C(=O)N(C)[C@H](C(=O)N2CCCC2)CC(=O)N1C. The van der Waals surface area contributed by atoms with E-state index in [1.165, 1.54) is 76.6 Å². The Kier molecular flexibility index (Phi) is 30.1. The van der Waals surface area contributed by atoms with Gasteiger partial charge in [0.1, 0.15) is 78.2 Å². The largest absolute Gasteiger partial charge is 0.397 e. The van der Waals surface area contributed by atoms with Crippen molar-refractivity contribution < 1.29 is 97.4 Å². The van der Waals surface area contributed by atoms with Gasteiger partial charge in [0, 0.05) is 88.0 Å².